The molecule has 7 heteroatoms. The van der Waals surface area contributed by atoms with Crippen LogP contribution in [0.2, 0.25) is 0 Å². The number of carbonyl (C=O) groups is 2. The van der Waals surface area contributed by atoms with Gasteiger partial charge < -0.3 is 5.32 Å². The Balaban J connectivity index is 2.14. The molecule has 0 atom stereocenters. The van der Waals surface area contributed by atoms with E-state index in [-0.39, 0.29) is 11.6 Å². The first-order valence-electron chi connectivity index (χ1n) is 5.53. The topological polar surface area (TPSA) is 96.8 Å². The lowest BCUT2D eigenvalue weighted by Gasteiger charge is -2.03. The number of aromatic nitrogens is 3. The molecule has 98 valence electrons. The van der Waals surface area contributed by atoms with Crippen LogP contribution in [0.3, 0.4) is 0 Å². The Morgan fingerprint density at radius 3 is 2.37 bits per heavy atom. The fourth-order valence-electron chi connectivity index (χ4n) is 1.48. The first-order valence-corrected chi connectivity index (χ1v) is 5.53. The number of hydrogen-bond donors (Lipinski definition) is 2. The Bertz CT molecular complexity index is 682. The van der Waals surface area contributed by atoms with Crippen LogP contribution in [0, 0.1) is 0 Å². The summed E-state index contributed by atoms with van der Waals surface area (Å²) in [6.07, 6.45) is 0. The van der Waals surface area contributed by atoms with Gasteiger partial charge in [-0.1, -0.05) is 0 Å². The van der Waals surface area contributed by atoms with E-state index in [9.17, 15) is 14.4 Å². The second-order valence-electron chi connectivity index (χ2n) is 3.99. The van der Waals surface area contributed by atoms with Crippen molar-refractivity contribution in [2.24, 2.45) is 7.05 Å². The molecule has 0 saturated heterocycles. The zero-order chi connectivity index (χ0) is 14.0. The van der Waals surface area contributed by atoms with E-state index in [1.807, 2.05) is 0 Å². The SMILES string of the molecule is CC(=O)c1ccc(NC(=O)c2nn(C)c(=O)[nH]2)cc1. The normalized spacial score (nSPS) is 10.2. The number of H-pyrrole nitrogens is 1. The molecule has 1 heterocycles. The third kappa shape index (κ3) is 2.76. The molecule has 7 nitrogen and oxygen atoms in total. The average molecular weight is 260 g/mol. The second kappa shape index (κ2) is 4.89. The number of anilines is 1. The Morgan fingerprint density at radius 2 is 1.89 bits per heavy atom. The van der Waals surface area contributed by atoms with Gasteiger partial charge in [0.15, 0.2) is 5.78 Å². The lowest BCUT2D eigenvalue weighted by molar-refractivity contribution is 0.101. The fourth-order valence-corrected chi connectivity index (χ4v) is 1.48. The third-order valence-corrected chi connectivity index (χ3v) is 2.53. The van der Waals surface area contributed by atoms with Gasteiger partial charge in [0.1, 0.15) is 0 Å². The zero-order valence-electron chi connectivity index (χ0n) is 10.4. The maximum atomic E-state index is 11.8. The van der Waals surface area contributed by atoms with Crippen LogP contribution in [-0.2, 0) is 7.05 Å². The van der Waals surface area contributed by atoms with Gasteiger partial charge in [-0.25, -0.2) is 9.48 Å². The molecule has 1 amide bonds. The molecule has 2 aromatic rings. The summed E-state index contributed by atoms with van der Waals surface area (Å²) in [5.74, 6) is -0.636. The van der Waals surface area contributed by atoms with Crippen LogP contribution >= 0.6 is 0 Å². The number of aryl methyl sites for hydroxylation is 1. The van der Waals surface area contributed by atoms with Gasteiger partial charge in [0, 0.05) is 18.3 Å². The van der Waals surface area contributed by atoms with Gasteiger partial charge in [0.25, 0.3) is 5.91 Å². The van der Waals surface area contributed by atoms with Gasteiger partial charge in [-0.2, -0.15) is 0 Å². The Labute approximate surface area is 108 Å². The van der Waals surface area contributed by atoms with E-state index in [1.54, 1.807) is 24.3 Å². The van der Waals surface area contributed by atoms with Crippen LogP contribution in [0.5, 0.6) is 0 Å². The number of hydrogen-bond acceptors (Lipinski definition) is 4. The number of amides is 1. The number of Topliss-reactive ketones (excluding diaryl/α,β-unsaturated/α-hetero) is 1. The summed E-state index contributed by atoms with van der Waals surface area (Å²) in [5, 5.41) is 6.30. The molecule has 0 spiro atoms. The highest BCUT2D eigenvalue weighted by atomic mass is 16.2. The molecule has 0 saturated carbocycles. The number of carbonyl (C=O) groups excluding carboxylic acids is 2. The molecule has 0 aliphatic heterocycles. The van der Waals surface area contributed by atoms with Crippen molar-refractivity contribution in [3.05, 3.63) is 46.1 Å². The number of aromatic amines is 1. The summed E-state index contributed by atoms with van der Waals surface area (Å²) in [6.45, 7) is 1.46. The second-order valence-corrected chi connectivity index (χ2v) is 3.99. The lowest BCUT2D eigenvalue weighted by Crippen LogP contribution is -2.15. The monoisotopic (exact) mass is 260 g/mol. The molecule has 0 radical (unpaired) electrons. The van der Waals surface area contributed by atoms with Gasteiger partial charge in [-0.3, -0.25) is 14.6 Å². The van der Waals surface area contributed by atoms with E-state index >= 15 is 0 Å². The first kappa shape index (κ1) is 12.7. The van der Waals surface area contributed by atoms with Crippen molar-refractivity contribution in [3.63, 3.8) is 0 Å². The van der Waals surface area contributed by atoms with Crippen molar-refractivity contribution in [1.82, 2.24) is 14.8 Å². The third-order valence-electron chi connectivity index (χ3n) is 2.53. The molecule has 0 fully saturated rings. The van der Waals surface area contributed by atoms with Crippen molar-refractivity contribution in [2.75, 3.05) is 5.32 Å². The number of benzene rings is 1. The van der Waals surface area contributed by atoms with Gasteiger partial charge >= 0.3 is 5.69 Å². The number of rotatable bonds is 3. The molecule has 19 heavy (non-hydrogen) atoms. The summed E-state index contributed by atoms with van der Waals surface area (Å²) in [4.78, 5) is 36.3. The highest BCUT2D eigenvalue weighted by Gasteiger charge is 2.12. The standard InChI is InChI=1S/C12H12N4O3/c1-7(17)8-3-5-9(6-4-8)13-11(18)10-14-12(19)16(2)15-10/h3-6H,1-2H3,(H,13,18)(H,14,15,19). The van der Waals surface area contributed by atoms with Crippen molar-refractivity contribution in [1.29, 1.82) is 0 Å². The van der Waals surface area contributed by atoms with Crippen LogP contribution in [0.25, 0.3) is 0 Å². The smallest absolute Gasteiger partial charge is 0.319 e. The number of nitrogens with zero attached hydrogens (tertiary/aromatic N) is 2. The summed E-state index contributed by atoms with van der Waals surface area (Å²) in [7, 11) is 1.44. The minimum atomic E-state index is -0.520. The van der Waals surface area contributed by atoms with Crippen LogP contribution in [0.1, 0.15) is 27.9 Å². The van der Waals surface area contributed by atoms with E-state index in [4.69, 9.17) is 0 Å². The molecule has 1 aromatic heterocycles. The van der Waals surface area contributed by atoms with E-state index in [0.717, 1.165) is 4.68 Å². The summed E-state index contributed by atoms with van der Waals surface area (Å²) >= 11 is 0. The molecular weight excluding hydrogens is 248 g/mol. The highest BCUT2D eigenvalue weighted by Crippen LogP contribution is 2.10. The van der Waals surface area contributed by atoms with Crippen LogP contribution in [0.4, 0.5) is 5.69 Å². The van der Waals surface area contributed by atoms with Crippen molar-refractivity contribution in [2.45, 2.75) is 6.92 Å². The van der Waals surface area contributed by atoms with Gasteiger partial charge in [0.2, 0.25) is 5.82 Å². The molecule has 0 unspecified atom stereocenters. The van der Waals surface area contributed by atoms with E-state index in [2.05, 4.69) is 15.4 Å². The minimum absolute atomic E-state index is 0.0491. The Kier molecular flexibility index (Phi) is 3.28. The molecule has 2 rings (SSSR count). The minimum Gasteiger partial charge on any atom is -0.319 e. The maximum Gasteiger partial charge on any atom is 0.343 e. The zero-order valence-corrected chi connectivity index (χ0v) is 10.4. The molecule has 0 aliphatic carbocycles. The van der Waals surface area contributed by atoms with Crippen LogP contribution in [-0.4, -0.2) is 26.5 Å². The van der Waals surface area contributed by atoms with Crippen molar-refractivity contribution in [3.8, 4) is 0 Å². The average Bonchev–Trinajstić information content (AvgIpc) is 2.70. The number of ketones is 1. The Hall–Kier alpha value is -2.70. The molecule has 0 aliphatic rings. The molecule has 0 bridgehead atoms. The van der Waals surface area contributed by atoms with Gasteiger partial charge in [-0.05, 0) is 31.2 Å². The first-order chi connectivity index (χ1) is 8.97. The summed E-state index contributed by atoms with van der Waals surface area (Å²) in [5.41, 5.74) is 0.614. The quantitative estimate of drug-likeness (QED) is 0.788. The maximum absolute atomic E-state index is 11.8. The summed E-state index contributed by atoms with van der Waals surface area (Å²) < 4.78 is 1.04. The van der Waals surface area contributed by atoms with Crippen molar-refractivity contribution >= 4 is 17.4 Å². The highest BCUT2D eigenvalue weighted by molar-refractivity contribution is 6.02. The Morgan fingerprint density at radius 1 is 1.26 bits per heavy atom. The fraction of sp³-hybridized carbons (Fsp3) is 0.167. The predicted molar refractivity (Wildman–Crippen MR) is 68.2 cm³/mol. The van der Waals surface area contributed by atoms with E-state index in [0.29, 0.717) is 11.3 Å². The molecular formula is C12H12N4O3. The largest absolute Gasteiger partial charge is 0.343 e. The summed E-state index contributed by atoms with van der Waals surface area (Å²) in [6, 6.07) is 6.43. The number of nitrogens with one attached hydrogen (secondary N) is 2. The van der Waals surface area contributed by atoms with E-state index < -0.39 is 11.6 Å². The molecule has 2 N–H and O–H groups in total. The van der Waals surface area contributed by atoms with Gasteiger partial charge in [0.05, 0.1) is 0 Å². The van der Waals surface area contributed by atoms with Crippen LogP contribution in [0.15, 0.2) is 29.1 Å². The van der Waals surface area contributed by atoms with Crippen LogP contribution < -0.4 is 11.0 Å². The molecule has 1 aromatic carbocycles. The van der Waals surface area contributed by atoms with E-state index in [1.165, 1.54) is 14.0 Å². The van der Waals surface area contributed by atoms with Crippen molar-refractivity contribution < 1.29 is 9.59 Å². The van der Waals surface area contributed by atoms with Gasteiger partial charge in [-0.15, -0.1) is 5.10 Å². The predicted octanol–water partition coefficient (Wildman–Crippen LogP) is 0.563. The lowest BCUT2D eigenvalue weighted by atomic mass is 10.1.